The molecule has 1 aliphatic heterocycles. The van der Waals surface area contributed by atoms with Crippen LogP contribution in [0.15, 0.2) is 53.4 Å². The summed E-state index contributed by atoms with van der Waals surface area (Å²) < 4.78 is 59.4. The number of ether oxygens (including phenoxy) is 1. The average molecular weight is 470 g/mol. The Bertz CT molecular complexity index is 1020. The van der Waals surface area contributed by atoms with E-state index in [2.05, 4.69) is 15.4 Å². The number of aliphatic hydroxyl groups is 1. The smallest absolute Gasteiger partial charge is 0.319 e. The highest BCUT2D eigenvalue weighted by Gasteiger charge is 2.32. The van der Waals surface area contributed by atoms with Crippen LogP contribution >= 0.6 is 0 Å². The van der Waals surface area contributed by atoms with Crippen molar-refractivity contribution < 1.29 is 31.8 Å². The highest BCUT2D eigenvalue weighted by atomic mass is 32.2. The maximum Gasteiger partial charge on any atom is 0.319 e. The first-order valence-electron chi connectivity index (χ1n) is 10.1. The van der Waals surface area contributed by atoms with Gasteiger partial charge in [-0.1, -0.05) is 12.1 Å². The number of nitrogens with one attached hydrogen (secondary N) is 3. The van der Waals surface area contributed by atoms with Gasteiger partial charge in [-0.15, -0.1) is 0 Å². The second kappa shape index (κ2) is 10.8. The molecule has 0 aliphatic carbocycles. The summed E-state index contributed by atoms with van der Waals surface area (Å²) >= 11 is 0. The number of halogens is 2. The maximum absolute atomic E-state index is 13.7. The zero-order valence-corrected chi connectivity index (χ0v) is 17.9. The molecule has 0 aromatic heterocycles. The molecule has 0 unspecified atom stereocenters. The topological polar surface area (TPSA) is 117 Å². The van der Waals surface area contributed by atoms with Gasteiger partial charge < -0.3 is 20.5 Å². The fourth-order valence-corrected chi connectivity index (χ4v) is 4.50. The molecule has 1 heterocycles. The van der Waals surface area contributed by atoms with Gasteiger partial charge in [0.25, 0.3) is 0 Å². The summed E-state index contributed by atoms with van der Waals surface area (Å²) in [6, 6.07) is 9.15. The van der Waals surface area contributed by atoms with E-state index in [1.54, 1.807) is 6.07 Å². The van der Waals surface area contributed by atoms with Crippen molar-refractivity contribution in [2.75, 3.05) is 18.5 Å². The van der Waals surface area contributed by atoms with Crippen molar-refractivity contribution in [1.29, 1.82) is 0 Å². The third-order valence-electron chi connectivity index (χ3n) is 5.12. The minimum Gasteiger partial charge on any atom is -0.394 e. The van der Waals surface area contributed by atoms with Gasteiger partial charge in [0.1, 0.15) is 17.7 Å². The van der Waals surface area contributed by atoms with E-state index in [1.807, 2.05) is 0 Å². The van der Waals surface area contributed by atoms with Crippen LogP contribution in [0.5, 0.6) is 0 Å². The van der Waals surface area contributed by atoms with Gasteiger partial charge in [-0.3, -0.25) is 0 Å². The molecule has 32 heavy (non-hydrogen) atoms. The molecule has 3 rings (SSSR count). The molecule has 1 fully saturated rings. The number of hydrogen-bond donors (Lipinski definition) is 4. The zero-order chi connectivity index (χ0) is 23.1. The molecule has 0 radical (unpaired) electrons. The average Bonchev–Trinajstić information content (AvgIpc) is 2.76. The molecule has 0 spiro atoms. The molecule has 0 bridgehead atoms. The quantitative estimate of drug-likeness (QED) is 0.474. The summed E-state index contributed by atoms with van der Waals surface area (Å²) in [5.41, 5.74) is 0.0357. The van der Waals surface area contributed by atoms with Crippen LogP contribution in [-0.4, -0.2) is 51.0 Å². The van der Waals surface area contributed by atoms with E-state index in [0.29, 0.717) is 19.3 Å². The number of aliphatic hydroxyl groups excluding tert-OH is 1. The van der Waals surface area contributed by atoms with Crippen molar-refractivity contribution in [1.82, 2.24) is 10.0 Å². The van der Waals surface area contributed by atoms with E-state index in [1.165, 1.54) is 30.3 Å². The summed E-state index contributed by atoms with van der Waals surface area (Å²) in [5, 5.41) is 14.8. The molecular formula is C21H25F2N3O5S. The zero-order valence-electron chi connectivity index (χ0n) is 17.1. The lowest BCUT2D eigenvalue weighted by Crippen LogP contribution is -2.52. The second-order valence-electron chi connectivity index (χ2n) is 7.38. The Balaban J connectivity index is 1.47. The Kier molecular flexibility index (Phi) is 8.13. The first kappa shape index (κ1) is 24.1. The normalized spacial score (nSPS) is 21.2. The first-order chi connectivity index (χ1) is 15.3. The van der Waals surface area contributed by atoms with Crippen molar-refractivity contribution >= 4 is 21.7 Å². The molecule has 2 aromatic rings. The molecule has 0 saturated carbocycles. The minimum atomic E-state index is -3.77. The lowest BCUT2D eigenvalue weighted by molar-refractivity contribution is -0.0884. The first-order valence-corrected chi connectivity index (χ1v) is 11.6. The Hall–Kier alpha value is -2.60. The van der Waals surface area contributed by atoms with Gasteiger partial charge in [0, 0.05) is 6.54 Å². The number of urea groups is 1. The third kappa shape index (κ3) is 6.45. The number of para-hydroxylation sites is 1. The van der Waals surface area contributed by atoms with Gasteiger partial charge in [-0.2, -0.15) is 0 Å². The standard InChI is InChI=1S/C21H25F2N3O5S/c22-14-5-8-16(9-6-14)32(29,30)24-12-11-15-7-10-19(20(13-27)31-15)26-21(28)25-18-4-2-1-3-17(18)23/h1-6,8-9,15,19-20,24,27H,7,10-13H2,(H2,25,26,28)/t15-,19+,20+/m0/s1. The molecule has 1 saturated heterocycles. The number of benzene rings is 2. The van der Waals surface area contributed by atoms with E-state index < -0.39 is 39.8 Å². The van der Waals surface area contributed by atoms with E-state index in [-0.39, 0.29) is 29.8 Å². The summed E-state index contributed by atoms with van der Waals surface area (Å²) in [6.45, 7) is -0.253. The van der Waals surface area contributed by atoms with Crippen LogP contribution in [0.2, 0.25) is 0 Å². The van der Waals surface area contributed by atoms with Gasteiger partial charge in [0.05, 0.1) is 29.3 Å². The minimum absolute atomic E-state index is 0.0357. The van der Waals surface area contributed by atoms with Crippen molar-refractivity contribution in [3.8, 4) is 0 Å². The number of anilines is 1. The molecule has 2 amide bonds. The summed E-state index contributed by atoms with van der Waals surface area (Å²) in [4.78, 5) is 12.1. The van der Waals surface area contributed by atoms with Crippen molar-refractivity contribution in [3.05, 3.63) is 60.2 Å². The summed E-state index contributed by atoms with van der Waals surface area (Å²) in [6.07, 6.45) is 0.361. The molecule has 8 nitrogen and oxygen atoms in total. The van der Waals surface area contributed by atoms with Gasteiger partial charge in [-0.25, -0.2) is 26.7 Å². The Morgan fingerprint density at radius 1 is 1.09 bits per heavy atom. The molecule has 11 heteroatoms. The predicted molar refractivity (Wildman–Crippen MR) is 114 cm³/mol. The van der Waals surface area contributed by atoms with E-state index in [9.17, 15) is 27.1 Å². The number of hydrogen-bond acceptors (Lipinski definition) is 5. The summed E-state index contributed by atoms with van der Waals surface area (Å²) in [7, 11) is -3.77. The van der Waals surface area contributed by atoms with Gasteiger partial charge in [0.15, 0.2) is 0 Å². The molecule has 2 aromatic carbocycles. The van der Waals surface area contributed by atoms with E-state index in [0.717, 1.165) is 12.1 Å². The molecule has 1 aliphatic rings. The largest absolute Gasteiger partial charge is 0.394 e. The monoisotopic (exact) mass is 469 g/mol. The van der Waals surface area contributed by atoms with Crippen LogP contribution in [0.25, 0.3) is 0 Å². The number of sulfonamides is 1. The highest BCUT2D eigenvalue weighted by Crippen LogP contribution is 2.22. The maximum atomic E-state index is 13.7. The fraction of sp³-hybridized carbons (Fsp3) is 0.381. The lowest BCUT2D eigenvalue weighted by Gasteiger charge is -2.36. The summed E-state index contributed by atoms with van der Waals surface area (Å²) in [5.74, 6) is -1.09. The number of carbonyl (C=O) groups excluding carboxylic acids is 1. The van der Waals surface area contributed by atoms with Gasteiger partial charge in [-0.05, 0) is 55.7 Å². The Labute approximate surface area is 185 Å². The van der Waals surface area contributed by atoms with E-state index >= 15 is 0 Å². The molecule has 174 valence electrons. The van der Waals surface area contributed by atoms with Gasteiger partial charge >= 0.3 is 6.03 Å². The van der Waals surface area contributed by atoms with Crippen molar-refractivity contribution in [3.63, 3.8) is 0 Å². The SMILES string of the molecule is O=C(Nc1ccccc1F)N[C@@H]1CC[C@@H](CCNS(=O)(=O)c2ccc(F)cc2)O[C@@H]1CO. The van der Waals surface area contributed by atoms with Crippen LogP contribution < -0.4 is 15.4 Å². The lowest BCUT2D eigenvalue weighted by atomic mass is 9.97. The van der Waals surface area contributed by atoms with Crippen LogP contribution in [0.4, 0.5) is 19.3 Å². The van der Waals surface area contributed by atoms with Crippen LogP contribution in [0.3, 0.4) is 0 Å². The van der Waals surface area contributed by atoms with Crippen LogP contribution in [0, 0.1) is 11.6 Å². The fourth-order valence-electron chi connectivity index (χ4n) is 3.45. The highest BCUT2D eigenvalue weighted by molar-refractivity contribution is 7.89. The third-order valence-corrected chi connectivity index (χ3v) is 6.59. The Morgan fingerprint density at radius 2 is 1.81 bits per heavy atom. The van der Waals surface area contributed by atoms with Gasteiger partial charge in [0.2, 0.25) is 10.0 Å². The van der Waals surface area contributed by atoms with E-state index in [4.69, 9.17) is 4.74 Å². The predicted octanol–water partition coefficient (Wildman–Crippen LogP) is 2.36. The molecule has 4 N–H and O–H groups in total. The van der Waals surface area contributed by atoms with Crippen LogP contribution in [0.1, 0.15) is 19.3 Å². The van der Waals surface area contributed by atoms with Crippen molar-refractivity contribution in [2.45, 2.75) is 42.4 Å². The Morgan fingerprint density at radius 3 is 2.50 bits per heavy atom. The molecule has 3 atom stereocenters. The number of rotatable bonds is 8. The van der Waals surface area contributed by atoms with Crippen molar-refractivity contribution in [2.24, 2.45) is 0 Å². The second-order valence-corrected chi connectivity index (χ2v) is 9.15. The van der Waals surface area contributed by atoms with Crippen LogP contribution in [-0.2, 0) is 14.8 Å². The molecular weight excluding hydrogens is 444 g/mol. The number of carbonyl (C=O) groups is 1. The number of amides is 2.